The summed E-state index contributed by atoms with van der Waals surface area (Å²) in [6, 6.07) is 14.1. The van der Waals surface area contributed by atoms with Gasteiger partial charge in [0.2, 0.25) is 11.9 Å². The molecule has 9 heteroatoms. The van der Waals surface area contributed by atoms with E-state index in [9.17, 15) is 4.79 Å². The van der Waals surface area contributed by atoms with Crippen LogP contribution in [0.5, 0.6) is 11.5 Å². The van der Waals surface area contributed by atoms with Crippen LogP contribution in [0, 0.1) is 0 Å². The number of nitrogens with two attached hydrogens (primary N) is 2. The third-order valence-corrected chi connectivity index (χ3v) is 7.17. The standard InChI is InChI=1S/C28H38N6O3/c1-27(2,30)17-24(35)34-13-11-28(12-14-34,19-9-7-6-8-10-19)18-33(3)26-31-21-16-23(37-5)22(36-4)15-20(21)25(29)32-26/h6-10,15-16H,11-14,17-18,30H2,1-5H3,(H2,29,31,32). The Kier molecular flexibility index (Phi) is 7.45. The van der Waals surface area contributed by atoms with Crippen LogP contribution in [0.3, 0.4) is 0 Å². The van der Waals surface area contributed by atoms with E-state index in [1.165, 1.54) is 5.56 Å². The third kappa shape index (κ3) is 5.72. The number of fused-ring (bicyclic) bond motifs is 1. The number of benzene rings is 2. The first-order valence-corrected chi connectivity index (χ1v) is 12.6. The second kappa shape index (κ2) is 10.4. The Balaban J connectivity index is 1.62. The van der Waals surface area contributed by atoms with Gasteiger partial charge < -0.3 is 30.7 Å². The lowest BCUT2D eigenvalue weighted by Crippen LogP contribution is -2.51. The lowest BCUT2D eigenvalue weighted by molar-refractivity contribution is -0.133. The molecule has 4 N–H and O–H groups in total. The van der Waals surface area contributed by atoms with Crippen molar-refractivity contribution in [1.29, 1.82) is 0 Å². The number of likely N-dealkylation sites (N-methyl/N-ethyl adjacent to an activating group) is 1. The van der Waals surface area contributed by atoms with Crippen molar-refractivity contribution in [1.82, 2.24) is 14.9 Å². The van der Waals surface area contributed by atoms with Gasteiger partial charge in [0, 0.05) is 55.5 Å². The van der Waals surface area contributed by atoms with E-state index < -0.39 is 5.54 Å². The van der Waals surface area contributed by atoms with Crippen molar-refractivity contribution in [3.05, 3.63) is 48.0 Å². The summed E-state index contributed by atoms with van der Waals surface area (Å²) in [6.07, 6.45) is 1.99. The summed E-state index contributed by atoms with van der Waals surface area (Å²) >= 11 is 0. The highest BCUT2D eigenvalue weighted by molar-refractivity contribution is 5.91. The molecular formula is C28H38N6O3. The third-order valence-electron chi connectivity index (χ3n) is 7.17. The molecule has 1 fully saturated rings. The first-order chi connectivity index (χ1) is 17.5. The molecule has 0 atom stereocenters. The number of amides is 1. The molecule has 198 valence electrons. The monoisotopic (exact) mass is 506 g/mol. The normalized spacial score (nSPS) is 15.5. The van der Waals surface area contributed by atoms with Gasteiger partial charge in [0.15, 0.2) is 11.5 Å². The fraction of sp³-hybridized carbons (Fsp3) is 0.464. The summed E-state index contributed by atoms with van der Waals surface area (Å²) in [7, 11) is 5.17. The molecule has 37 heavy (non-hydrogen) atoms. The predicted octanol–water partition coefficient (Wildman–Crippen LogP) is 3.35. The highest BCUT2D eigenvalue weighted by Gasteiger charge is 2.39. The molecule has 0 bridgehead atoms. The minimum Gasteiger partial charge on any atom is -0.493 e. The van der Waals surface area contributed by atoms with Crippen molar-refractivity contribution < 1.29 is 14.3 Å². The number of methoxy groups -OCH3 is 2. The summed E-state index contributed by atoms with van der Waals surface area (Å²) in [5, 5.41) is 0.710. The number of hydrogen-bond donors (Lipinski definition) is 2. The van der Waals surface area contributed by atoms with Gasteiger partial charge in [-0.15, -0.1) is 0 Å². The van der Waals surface area contributed by atoms with E-state index in [0.717, 1.165) is 12.8 Å². The van der Waals surface area contributed by atoms with Crippen molar-refractivity contribution in [2.75, 3.05) is 51.5 Å². The number of likely N-dealkylation sites (tertiary alicyclic amines) is 1. The number of hydrogen-bond acceptors (Lipinski definition) is 8. The van der Waals surface area contributed by atoms with Crippen LogP contribution in [-0.2, 0) is 10.2 Å². The zero-order chi connectivity index (χ0) is 26.8. The highest BCUT2D eigenvalue weighted by Crippen LogP contribution is 2.38. The maximum atomic E-state index is 12.8. The number of anilines is 2. The van der Waals surface area contributed by atoms with Crippen LogP contribution in [0.15, 0.2) is 42.5 Å². The first kappa shape index (κ1) is 26.5. The number of carbonyl (C=O) groups excluding carboxylic acids is 1. The summed E-state index contributed by atoms with van der Waals surface area (Å²) in [5.41, 5.74) is 13.7. The lowest BCUT2D eigenvalue weighted by atomic mass is 9.72. The topological polar surface area (TPSA) is 120 Å². The number of nitrogen functional groups attached to an aromatic ring is 1. The Bertz CT molecular complexity index is 1250. The number of aromatic nitrogens is 2. The average Bonchev–Trinajstić information content (AvgIpc) is 2.87. The summed E-state index contributed by atoms with van der Waals surface area (Å²) in [6.45, 7) is 5.81. The molecule has 1 aromatic heterocycles. The zero-order valence-electron chi connectivity index (χ0n) is 22.5. The van der Waals surface area contributed by atoms with E-state index in [0.29, 0.717) is 60.2 Å². The Hall–Kier alpha value is -3.59. The second-order valence-electron chi connectivity index (χ2n) is 10.7. The quantitative estimate of drug-likeness (QED) is 0.477. The van der Waals surface area contributed by atoms with Crippen molar-refractivity contribution in [3.63, 3.8) is 0 Å². The molecule has 0 saturated carbocycles. The van der Waals surface area contributed by atoms with Gasteiger partial charge in [0.25, 0.3) is 0 Å². The Labute approximate surface area is 218 Å². The molecule has 4 rings (SSSR count). The fourth-order valence-electron chi connectivity index (χ4n) is 5.18. The molecule has 0 radical (unpaired) electrons. The van der Waals surface area contributed by atoms with Crippen LogP contribution in [-0.4, -0.2) is 67.2 Å². The van der Waals surface area contributed by atoms with Crippen LogP contribution in [0.4, 0.5) is 11.8 Å². The van der Waals surface area contributed by atoms with Gasteiger partial charge >= 0.3 is 0 Å². The maximum absolute atomic E-state index is 12.8. The van der Waals surface area contributed by atoms with Gasteiger partial charge in [-0.1, -0.05) is 30.3 Å². The van der Waals surface area contributed by atoms with E-state index in [1.807, 2.05) is 37.9 Å². The van der Waals surface area contributed by atoms with E-state index in [-0.39, 0.29) is 11.3 Å². The summed E-state index contributed by atoms with van der Waals surface area (Å²) in [4.78, 5) is 26.3. The molecule has 9 nitrogen and oxygen atoms in total. The molecule has 0 spiro atoms. The fourth-order valence-corrected chi connectivity index (χ4v) is 5.18. The smallest absolute Gasteiger partial charge is 0.227 e. The SMILES string of the molecule is COc1cc2nc(N(C)CC3(c4ccccc4)CCN(C(=O)CC(C)(C)N)CC3)nc(N)c2cc1OC. The van der Waals surface area contributed by atoms with Crippen LogP contribution < -0.4 is 25.8 Å². The minimum absolute atomic E-state index is 0.109. The lowest BCUT2D eigenvalue weighted by Gasteiger charge is -2.44. The van der Waals surface area contributed by atoms with E-state index in [4.69, 9.17) is 25.9 Å². The summed E-state index contributed by atoms with van der Waals surface area (Å²) < 4.78 is 10.9. The molecule has 2 heterocycles. The van der Waals surface area contributed by atoms with Gasteiger partial charge in [0.1, 0.15) is 5.82 Å². The molecule has 0 aliphatic carbocycles. The van der Waals surface area contributed by atoms with Crippen LogP contribution in [0.2, 0.25) is 0 Å². The van der Waals surface area contributed by atoms with Crippen LogP contribution in [0.1, 0.15) is 38.7 Å². The number of piperidine rings is 1. The van der Waals surface area contributed by atoms with Crippen molar-refractivity contribution >= 4 is 28.6 Å². The first-order valence-electron chi connectivity index (χ1n) is 12.6. The minimum atomic E-state index is -0.523. The molecule has 3 aromatic rings. The van der Waals surface area contributed by atoms with Crippen molar-refractivity contribution in [2.24, 2.45) is 5.73 Å². The van der Waals surface area contributed by atoms with Crippen LogP contribution >= 0.6 is 0 Å². The Morgan fingerprint density at radius 2 is 1.70 bits per heavy atom. The zero-order valence-corrected chi connectivity index (χ0v) is 22.5. The van der Waals surface area contributed by atoms with Gasteiger partial charge in [0.05, 0.1) is 19.7 Å². The predicted molar refractivity (Wildman–Crippen MR) is 147 cm³/mol. The highest BCUT2D eigenvalue weighted by atomic mass is 16.5. The van der Waals surface area contributed by atoms with E-state index >= 15 is 0 Å². The van der Waals surface area contributed by atoms with Gasteiger partial charge in [-0.2, -0.15) is 4.98 Å². The van der Waals surface area contributed by atoms with Crippen LogP contribution in [0.25, 0.3) is 10.9 Å². The summed E-state index contributed by atoms with van der Waals surface area (Å²) in [5.74, 6) is 2.19. The van der Waals surface area contributed by atoms with E-state index in [2.05, 4.69) is 34.1 Å². The van der Waals surface area contributed by atoms with Crippen molar-refractivity contribution in [3.8, 4) is 11.5 Å². The van der Waals surface area contributed by atoms with E-state index in [1.54, 1.807) is 20.3 Å². The Morgan fingerprint density at radius 3 is 2.30 bits per heavy atom. The molecule has 0 unspecified atom stereocenters. The number of rotatable bonds is 8. The number of carbonyl (C=O) groups is 1. The van der Waals surface area contributed by atoms with Gasteiger partial charge in [-0.25, -0.2) is 4.98 Å². The van der Waals surface area contributed by atoms with Gasteiger partial charge in [-0.05, 0) is 38.3 Å². The second-order valence-corrected chi connectivity index (χ2v) is 10.7. The molecule has 1 aliphatic heterocycles. The average molecular weight is 507 g/mol. The molecule has 2 aromatic carbocycles. The maximum Gasteiger partial charge on any atom is 0.227 e. The molecular weight excluding hydrogens is 468 g/mol. The Morgan fingerprint density at radius 1 is 1.08 bits per heavy atom. The number of ether oxygens (including phenoxy) is 2. The molecule has 1 amide bonds. The van der Waals surface area contributed by atoms with Crippen molar-refractivity contribution in [2.45, 2.75) is 44.1 Å². The molecule has 1 aliphatic rings. The number of nitrogens with zero attached hydrogens (tertiary/aromatic N) is 4. The largest absolute Gasteiger partial charge is 0.493 e. The van der Waals surface area contributed by atoms with Gasteiger partial charge in [-0.3, -0.25) is 4.79 Å². The molecule has 1 saturated heterocycles.